The van der Waals surface area contributed by atoms with E-state index >= 15 is 0 Å². The van der Waals surface area contributed by atoms with E-state index in [9.17, 15) is 14.3 Å². The van der Waals surface area contributed by atoms with Crippen LogP contribution in [0.4, 0.5) is 10.2 Å². The third-order valence-corrected chi connectivity index (χ3v) is 5.33. The number of fused-ring (bicyclic) bond motifs is 1. The number of rotatable bonds is 10. The zero-order chi connectivity index (χ0) is 22.9. The smallest absolute Gasteiger partial charge is 0.305 e. The van der Waals surface area contributed by atoms with Gasteiger partial charge in [-0.05, 0) is 67.5 Å². The highest BCUT2D eigenvalue weighted by molar-refractivity contribution is 5.73. The molecule has 1 atom stereocenters. The molecule has 0 bridgehead atoms. The van der Waals surface area contributed by atoms with E-state index in [4.69, 9.17) is 10.5 Å². The normalized spacial score (nSPS) is 14.6. The Morgan fingerprint density at radius 1 is 1.41 bits per heavy atom. The lowest BCUT2D eigenvalue weighted by molar-refractivity contribution is -0.137. The van der Waals surface area contributed by atoms with Gasteiger partial charge in [0.1, 0.15) is 5.82 Å². The van der Waals surface area contributed by atoms with Crippen LogP contribution in [-0.2, 0) is 17.6 Å². The summed E-state index contributed by atoms with van der Waals surface area (Å²) in [5.41, 5.74) is 9.48. The number of aliphatic carboxylic acids is 1. The maximum Gasteiger partial charge on any atom is 0.305 e. The van der Waals surface area contributed by atoms with Crippen molar-refractivity contribution in [3.05, 3.63) is 64.7 Å². The summed E-state index contributed by atoms with van der Waals surface area (Å²) in [6.45, 7) is 0.963. The van der Waals surface area contributed by atoms with Gasteiger partial charge in [0.15, 0.2) is 11.6 Å². The number of methoxy groups -OCH3 is 1. The van der Waals surface area contributed by atoms with Crippen LogP contribution in [0, 0.1) is 5.82 Å². The van der Waals surface area contributed by atoms with Crippen LogP contribution in [0.3, 0.4) is 0 Å². The minimum Gasteiger partial charge on any atom is -0.494 e. The molecule has 0 fully saturated rings. The van der Waals surface area contributed by atoms with E-state index in [-0.39, 0.29) is 12.2 Å². The van der Waals surface area contributed by atoms with Crippen molar-refractivity contribution in [3.8, 4) is 5.75 Å². The van der Waals surface area contributed by atoms with Crippen molar-refractivity contribution in [2.24, 2.45) is 10.7 Å². The van der Waals surface area contributed by atoms with Crippen LogP contribution >= 0.6 is 0 Å². The highest BCUT2D eigenvalue weighted by atomic mass is 19.1. The molecule has 0 amide bonds. The first kappa shape index (κ1) is 23.2. The highest BCUT2D eigenvalue weighted by Gasteiger charge is 2.16. The molecule has 170 valence electrons. The molecule has 2 aromatic rings. The molecule has 1 unspecified atom stereocenters. The van der Waals surface area contributed by atoms with Gasteiger partial charge in [-0.25, -0.2) is 9.37 Å². The number of halogens is 1. The van der Waals surface area contributed by atoms with Gasteiger partial charge < -0.3 is 20.9 Å². The molecule has 4 N–H and O–H groups in total. The van der Waals surface area contributed by atoms with Gasteiger partial charge >= 0.3 is 5.97 Å². The number of nitrogens with zero attached hydrogens (tertiary/aromatic N) is 2. The van der Waals surface area contributed by atoms with E-state index in [1.54, 1.807) is 12.1 Å². The van der Waals surface area contributed by atoms with Crippen molar-refractivity contribution in [1.82, 2.24) is 4.98 Å². The molecular formula is C24H29FN4O3. The molecule has 1 aromatic heterocycles. The molecule has 8 heteroatoms. The number of carboxylic acids is 1. The number of aromatic nitrogens is 1. The van der Waals surface area contributed by atoms with E-state index in [1.165, 1.54) is 31.0 Å². The molecule has 0 radical (unpaired) electrons. The average molecular weight is 441 g/mol. The number of hydrogen-bond acceptors (Lipinski definition) is 6. The first-order chi connectivity index (χ1) is 15.5. The number of nitrogens with one attached hydrogen (secondary N) is 1. The molecule has 1 aromatic carbocycles. The fourth-order valence-electron chi connectivity index (χ4n) is 3.62. The highest BCUT2D eigenvalue weighted by Crippen LogP contribution is 2.26. The number of nitrogens with two attached hydrogens (primary N) is 1. The molecule has 3 rings (SSSR count). The Labute approximate surface area is 187 Å². The average Bonchev–Trinajstić information content (AvgIpc) is 2.78. The minimum absolute atomic E-state index is 0.0974. The number of pyridine rings is 1. The Balaban J connectivity index is 1.56. The monoisotopic (exact) mass is 440 g/mol. The lowest BCUT2D eigenvalue weighted by Gasteiger charge is -2.17. The lowest BCUT2D eigenvalue weighted by Crippen LogP contribution is -2.14. The van der Waals surface area contributed by atoms with Gasteiger partial charge in [-0.3, -0.25) is 9.79 Å². The van der Waals surface area contributed by atoms with Crippen LogP contribution in [0.15, 0.2) is 47.1 Å². The number of aliphatic imine (C=N–C) groups is 1. The Hall–Kier alpha value is -3.42. The van der Waals surface area contributed by atoms with Gasteiger partial charge in [0.05, 0.1) is 19.6 Å². The number of allylic oxidation sites excluding steroid dienone is 2. The zero-order valence-corrected chi connectivity index (χ0v) is 18.2. The van der Waals surface area contributed by atoms with E-state index < -0.39 is 17.8 Å². The third kappa shape index (κ3) is 6.54. The van der Waals surface area contributed by atoms with Crippen molar-refractivity contribution >= 4 is 18.0 Å². The molecule has 7 nitrogen and oxygen atoms in total. The number of ether oxygens (including phenoxy) is 1. The van der Waals surface area contributed by atoms with E-state index in [1.807, 2.05) is 0 Å². The summed E-state index contributed by atoms with van der Waals surface area (Å²) in [7, 11) is 1.37. The summed E-state index contributed by atoms with van der Waals surface area (Å²) in [6, 6.07) is 7.81. The number of benzene rings is 1. The second-order valence-corrected chi connectivity index (χ2v) is 7.74. The molecule has 0 spiro atoms. The summed E-state index contributed by atoms with van der Waals surface area (Å²) >= 11 is 0. The summed E-state index contributed by atoms with van der Waals surface area (Å²) in [5.74, 6) is -0.493. The van der Waals surface area contributed by atoms with Crippen molar-refractivity contribution in [2.45, 2.75) is 44.6 Å². The van der Waals surface area contributed by atoms with Gasteiger partial charge in [-0.1, -0.05) is 12.1 Å². The SMILES string of the molecule is COc1ccc(C(CC(=O)O)N=CC=C(N)CCCc2ccc3c(n2)NCCC3)cc1F. The Kier molecular flexibility index (Phi) is 8.19. The second kappa shape index (κ2) is 11.3. The standard InChI is InChI=1S/C24H29FN4O3/c1-32-22-10-8-17(14-20(22)25)21(15-23(30)31)27-13-11-18(26)5-2-6-19-9-7-16-4-3-12-28-24(16)29-19/h7-11,13-14,21H,2-6,12,15,26H2,1H3,(H,28,29)(H,30,31). The predicted molar refractivity (Wildman–Crippen MR) is 123 cm³/mol. The Morgan fingerprint density at radius 3 is 3.00 bits per heavy atom. The van der Waals surface area contributed by atoms with Crippen LogP contribution in [0.2, 0.25) is 0 Å². The Morgan fingerprint density at radius 2 is 2.25 bits per heavy atom. The van der Waals surface area contributed by atoms with Crippen LogP contribution in [0.25, 0.3) is 0 Å². The fraction of sp³-hybridized carbons (Fsp3) is 0.375. The fourth-order valence-corrected chi connectivity index (χ4v) is 3.62. The molecular weight excluding hydrogens is 411 g/mol. The first-order valence-electron chi connectivity index (χ1n) is 10.7. The predicted octanol–water partition coefficient (Wildman–Crippen LogP) is 4.04. The summed E-state index contributed by atoms with van der Waals surface area (Å²) in [5, 5.41) is 12.5. The van der Waals surface area contributed by atoms with Gasteiger partial charge in [0.2, 0.25) is 0 Å². The molecule has 1 aliphatic heterocycles. The van der Waals surface area contributed by atoms with Crippen molar-refractivity contribution in [3.63, 3.8) is 0 Å². The topological polar surface area (TPSA) is 110 Å². The van der Waals surface area contributed by atoms with Crippen molar-refractivity contribution < 1.29 is 19.0 Å². The van der Waals surface area contributed by atoms with Gasteiger partial charge in [0, 0.05) is 24.2 Å². The summed E-state index contributed by atoms with van der Waals surface area (Å²) < 4.78 is 18.9. The van der Waals surface area contributed by atoms with E-state index in [2.05, 4.69) is 27.4 Å². The van der Waals surface area contributed by atoms with E-state index in [0.717, 1.165) is 43.7 Å². The molecule has 2 heterocycles. The van der Waals surface area contributed by atoms with E-state index in [0.29, 0.717) is 17.7 Å². The first-order valence-corrected chi connectivity index (χ1v) is 10.7. The molecule has 32 heavy (non-hydrogen) atoms. The second-order valence-electron chi connectivity index (χ2n) is 7.74. The van der Waals surface area contributed by atoms with Crippen LogP contribution in [-0.4, -0.2) is 35.9 Å². The van der Waals surface area contributed by atoms with Gasteiger partial charge in [0.25, 0.3) is 0 Å². The quantitative estimate of drug-likeness (QED) is 0.481. The summed E-state index contributed by atoms with van der Waals surface area (Å²) in [4.78, 5) is 20.2. The van der Waals surface area contributed by atoms with Gasteiger partial charge in [-0.15, -0.1) is 0 Å². The molecule has 0 saturated heterocycles. The van der Waals surface area contributed by atoms with Crippen LogP contribution in [0.1, 0.15) is 48.5 Å². The van der Waals surface area contributed by atoms with Crippen molar-refractivity contribution in [1.29, 1.82) is 0 Å². The minimum atomic E-state index is -1.02. The molecule has 0 saturated carbocycles. The number of hydrogen-bond donors (Lipinski definition) is 3. The zero-order valence-electron chi connectivity index (χ0n) is 18.2. The number of anilines is 1. The maximum absolute atomic E-state index is 14.0. The Bertz CT molecular complexity index is 1010. The lowest BCUT2D eigenvalue weighted by atomic mass is 10.0. The molecule has 1 aliphatic rings. The maximum atomic E-state index is 14.0. The summed E-state index contributed by atoms with van der Waals surface area (Å²) in [6.07, 6.45) is 7.42. The molecule has 0 aliphatic carbocycles. The number of aryl methyl sites for hydroxylation is 2. The van der Waals surface area contributed by atoms with Crippen LogP contribution < -0.4 is 15.8 Å². The largest absolute Gasteiger partial charge is 0.494 e. The number of carboxylic acid groups (broad SMARTS) is 1. The van der Waals surface area contributed by atoms with Gasteiger partial charge in [-0.2, -0.15) is 0 Å². The number of carbonyl (C=O) groups is 1. The van der Waals surface area contributed by atoms with Crippen LogP contribution in [0.5, 0.6) is 5.75 Å². The van der Waals surface area contributed by atoms with Crippen molar-refractivity contribution in [2.75, 3.05) is 19.0 Å². The third-order valence-electron chi connectivity index (χ3n) is 5.33.